The largest absolute Gasteiger partial charge is 0.494 e. The quantitative estimate of drug-likeness (QED) is 0.784. The van der Waals surface area contributed by atoms with E-state index in [1.54, 1.807) is 12.1 Å². The minimum absolute atomic E-state index is 0.229. The predicted molar refractivity (Wildman–Crippen MR) is 66.6 cm³/mol. The highest BCUT2D eigenvalue weighted by Crippen LogP contribution is 2.21. The Labute approximate surface area is 102 Å². The number of ether oxygens (including phenoxy) is 1. The second kappa shape index (κ2) is 6.00. The number of sulfonamides is 1. The molecule has 1 rings (SSSR count). The van der Waals surface area contributed by atoms with Gasteiger partial charge < -0.3 is 10.5 Å². The summed E-state index contributed by atoms with van der Waals surface area (Å²) in [7, 11) is -3.46. The van der Waals surface area contributed by atoms with Crippen molar-refractivity contribution in [1.82, 2.24) is 4.72 Å². The molecule has 0 bridgehead atoms. The lowest BCUT2D eigenvalue weighted by Crippen LogP contribution is -2.29. The average Bonchev–Trinajstić information content (AvgIpc) is 2.29. The third-order valence-electron chi connectivity index (χ3n) is 2.19. The molecule has 0 amide bonds. The monoisotopic (exact) mass is 258 g/mol. The van der Waals surface area contributed by atoms with Crippen LogP contribution in [0, 0.1) is 6.92 Å². The zero-order chi connectivity index (χ0) is 12.9. The number of rotatable bonds is 6. The van der Waals surface area contributed by atoms with E-state index in [4.69, 9.17) is 10.5 Å². The van der Waals surface area contributed by atoms with E-state index in [1.807, 2.05) is 13.8 Å². The zero-order valence-corrected chi connectivity index (χ0v) is 10.9. The summed E-state index contributed by atoms with van der Waals surface area (Å²) in [5, 5.41) is 0. The van der Waals surface area contributed by atoms with Crippen LogP contribution in [-0.4, -0.2) is 28.1 Å². The Morgan fingerprint density at radius 1 is 1.41 bits per heavy atom. The van der Waals surface area contributed by atoms with E-state index in [2.05, 4.69) is 4.72 Å². The van der Waals surface area contributed by atoms with Crippen LogP contribution in [0.1, 0.15) is 12.5 Å². The van der Waals surface area contributed by atoms with E-state index in [0.29, 0.717) is 12.4 Å². The molecule has 0 unspecified atom stereocenters. The molecule has 0 fully saturated rings. The summed E-state index contributed by atoms with van der Waals surface area (Å²) in [6.45, 7) is 4.75. The number of nitrogens with one attached hydrogen (secondary N) is 1. The number of nitrogens with two attached hydrogens (primary N) is 1. The molecule has 1 aromatic carbocycles. The van der Waals surface area contributed by atoms with Gasteiger partial charge >= 0.3 is 0 Å². The Morgan fingerprint density at radius 2 is 2.12 bits per heavy atom. The second-order valence-corrected chi connectivity index (χ2v) is 5.31. The molecule has 96 valence electrons. The fourth-order valence-electron chi connectivity index (χ4n) is 1.38. The highest BCUT2D eigenvalue weighted by atomic mass is 32.2. The highest BCUT2D eigenvalue weighted by molar-refractivity contribution is 7.89. The predicted octanol–water partition coefficient (Wildman–Crippen LogP) is 0.631. The number of hydrogen-bond donors (Lipinski definition) is 2. The summed E-state index contributed by atoms with van der Waals surface area (Å²) in [6.07, 6.45) is 0. The summed E-state index contributed by atoms with van der Waals surface area (Å²) in [6, 6.07) is 4.77. The van der Waals surface area contributed by atoms with E-state index >= 15 is 0 Å². The molecule has 5 nitrogen and oxygen atoms in total. The van der Waals surface area contributed by atoms with Gasteiger partial charge in [-0.25, -0.2) is 13.1 Å². The van der Waals surface area contributed by atoms with Crippen molar-refractivity contribution in [3.05, 3.63) is 23.8 Å². The average molecular weight is 258 g/mol. The topological polar surface area (TPSA) is 81.4 Å². The molecular weight excluding hydrogens is 240 g/mol. The first-order valence-electron chi connectivity index (χ1n) is 5.44. The van der Waals surface area contributed by atoms with E-state index in [9.17, 15) is 8.42 Å². The van der Waals surface area contributed by atoms with Gasteiger partial charge in [-0.3, -0.25) is 0 Å². The van der Waals surface area contributed by atoms with Crippen LogP contribution >= 0.6 is 0 Å². The molecule has 17 heavy (non-hydrogen) atoms. The molecule has 0 aliphatic heterocycles. The number of hydrogen-bond acceptors (Lipinski definition) is 4. The minimum atomic E-state index is -3.46. The Hall–Kier alpha value is -1.11. The van der Waals surface area contributed by atoms with E-state index in [0.717, 1.165) is 5.56 Å². The first-order valence-corrected chi connectivity index (χ1v) is 6.92. The summed E-state index contributed by atoms with van der Waals surface area (Å²) in [5.74, 6) is 0.699. The summed E-state index contributed by atoms with van der Waals surface area (Å²) in [5.41, 5.74) is 6.05. The van der Waals surface area contributed by atoms with Crippen LogP contribution in [0.25, 0.3) is 0 Å². The van der Waals surface area contributed by atoms with E-state index in [-0.39, 0.29) is 18.0 Å². The van der Waals surface area contributed by atoms with Crippen molar-refractivity contribution >= 4 is 10.0 Å². The Morgan fingerprint density at radius 3 is 2.65 bits per heavy atom. The summed E-state index contributed by atoms with van der Waals surface area (Å²) < 4.78 is 31.4. The molecule has 3 N–H and O–H groups in total. The van der Waals surface area contributed by atoms with Gasteiger partial charge in [-0.05, 0) is 37.6 Å². The van der Waals surface area contributed by atoms with Gasteiger partial charge in [-0.2, -0.15) is 0 Å². The minimum Gasteiger partial charge on any atom is -0.494 e. The van der Waals surface area contributed by atoms with Gasteiger partial charge in [0.1, 0.15) is 5.75 Å². The number of benzene rings is 1. The van der Waals surface area contributed by atoms with E-state index < -0.39 is 10.0 Å². The molecule has 6 heteroatoms. The molecule has 0 heterocycles. The fraction of sp³-hybridized carbons (Fsp3) is 0.455. The Bertz CT molecular complexity index is 472. The fourth-order valence-corrected chi connectivity index (χ4v) is 2.52. The highest BCUT2D eigenvalue weighted by Gasteiger charge is 2.14. The van der Waals surface area contributed by atoms with Crippen LogP contribution in [0.5, 0.6) is 5.75 Å². The normalized spacial score (nSPS) is 11.5. The molecular formula is C11H18N2O3S. The standard InChI is InChI=1S/C11H18N2O3S/c1-3-16-11-5-4-10(8-9(11)2)17(14,15)13-7-6-12/h4-5,8,13H,3,6-7,12H2,1-2H3. The van der Waals surface area contributed by atoms with Crippen molar-refractivity contribution in [3.63, 3.8) is 0 Å². The molecule has 0 aromatic heterocycles. The van der Waals surface area contributed by atoms with E-state index in [1.165, 1.54) is 6.07 Å². The van der Waals surface area contributed by atoms with Gasteiger partial charge in [0.15, 0.2) is 0 Å². The molecule has 0 aliphatic carbocycles. The van der Waals surface area contributed by atoms with Crippen LogP contribution in [0.3, 0.4) is 0 Å². The van der Waals surface area contributed by atoms with Crippen LogP contribution in [0.4, 0.5) is 0 Å². The van der Waals surface area contributed by atoms with Crippen molar-refractivity contribution in [3.8, 4) is 5.75 Å². The Kier molecular flexibility index (Phi) is 4.92. The van der Waals surface area contributed by atoms with Crippen molar-refractivity contribution in [2.24, 2.45) is 5.73 Å². The van der Waals surface area contributed by atoms with Crippen molar-refractivity contribution in [2.45, 2.75) is 18.7 Å². The second-order valence-electron chi connectivity index (χ2n) is 3.55. The summed E-state index contributed by atoms with van der Waals surface area (Å²) in [4.78, 5) is 0.229. The first-order chi connectivity index (χ1) is 8.01. The lowest BCUT2D eigenvalue weighted by molar-refractivity contribution is 0.337. The van der Waals surface area contributed by atoms with Gasteiger partial charge in [0.2, 0.25) is 10.0 Å². The van der Waals surface area contributed by atoms with Gasteiger partial charge in [-0.15, -0.1) is 0 Å². The lowest BCUT2D eigenvalue weighted by Gasteiger charge is -2.10. The molecule has 0 saturated carbocycles. The maximum absolute atomic E-state index is 11.8. The summed E-state index contributed by atoms with van der Waals surface area (Å²) >= 11 is 0. The van der Waals surface area contributed by atoms with Crippen molar-refractivity contribution in [2.75, 3.05) is 19.7 Å². The molecule has 0 saturated heterocycles. The lowest BCUT2D eigenvalue weighted by atomic mass is 10.2. The molecule has 0 aliphatic rings. The Balaban J connectivity index is 2.96. The van der Waals surface area contributed by atoms with Crippen LogP contribution in [0.2, 0.25) is 0 Å². The molecule has 0 atom stereocenters. The van der Waals surface area contributed by atoms with Gasteiger partial charge in [0, 0.05) is 13.1 Å². The molecule has 0 radical (unpaired) electrons. The van der Waals surface area contributed by atoms with Crippen molar-refractivity contribution < 1.29 is 13.2 Å². The van der Waals surface area contributed by atoms with Crippen molar-refractivity contribution in [1.29, 1.82) is 0 Å². The van der Waals surface area contributed by atoms with Gasteiger partial charge in [-0.1, -0.05) is 0 Å². The third kappa shape index (κ3) is 3.69. The van der Waals surface area contributed by atoms with Gasteiger partial charge in [0.25, 0.3) is 0 Å². The first kappa shape index (κ1) is 14.0. The molecule has 1 aromatic rings. The van der Waals surface area contributed by atoms with Crippen LogP contribution < -0.4 is 15.2 Å². The van der Waals surface area contributed by atoms with Crippen LogP contribution in [0.15, 0.2) is 23.1 Å². The molecule has 0 spiro atoms. The smallest absolute Gasteiger partial charge is 0.240 e. The SMILES string of the molecule is CCOc1ccc(S(=O)(=O)NCCN)cc1C. The maximum Gasteiger partial charge on any atom is 0.240 e. The maximum atomic E-state index is 11.8. The van der Waals surface area contributed by atoms with Crippen LogP contribution in [-0.2, 0) is 10.0 Å². The van der Waals surface area contributed by atoms with Gasteiger partial charge in [0.05, 0.1) is 11.5 Å². The number of aryl methyl sites for hydroxylation is 1. The zero-order valence-electron chi connectivity index (χ0n) is 10.1. The third-order valence-corrected chi connectivity index (χ3v) is 3.65.